The first-order valence-electron chi connectivity index (χ1n) is 15.2. The summed E-state index contributed by atoms with van der Waals surface area (Å²) in [5.41, 5.74) is 10.4. The summed E-state index contributed by atoms with van der Waals surface area (Å²) < 4.78 is 6.56. The van der Waals surface area contributed by atoms with Crippen LogP contribution in [0.1, 0.15) is 22.7 Å². The minimum absolute atomic E-state index is 0.0452. The summed E-state index contributed by atoms with van der Waals surface area (Å²) in [6.45, 7) is 0. The maximum atomic E-state index is 6.56. The van der Waals surface area contributed by atoms with Crippen LogP contribution in [0.15, 0.2) is 170 Å². The summed E-state index contributed by atoms with van der Waals surface area (Å²) >= 11 is -4.40. The fourth-order valence-electron chi connectivity index (χ4n) is 5.40. The Labute approximate surface area is 300 Å². The topological polar surface area (TPSA) is 23.2 Å². The van der Waals surface area contributed by atoms with Gasteiger partial charge in [0.25, 0.3) is 0 Å². The van der Waals surface area contributed by atoms with Gasteiger partial charge in [0.05, 0.1) is 5.56 Å². The van der Waals surface area contributed by atoms with Gasteiger partial charge >= 0.3 is 61.9 Å². The van der Waals surface area contributed by atoms with E-state index in [1.807, 2.05) is 18.2 Å². The molecule has 0 spiro atoms. The van der Waals surface area contributed by atoms with Crippen LogP contribution in [0.25, 0.3) is 39.1 Å². The van der Waals surface area contributed by atoms with Gasteiger partial charge in [0, 0.05) is 17.2 Å². The fraction of sp³-hybridized carbons (Fsp3) is 0.0250. The molecule has 1 unspecified atom stereocenters. The van der Waals surface area contributed by atoms with Gasteiger partial charge < -0.3 is 4.74 Å². The Morgan fingerprint density at radius 3 is 1.10 bits per heavy atom. The Hall–Kier alpha value is -3.22. The summed E-state index contributed by atoms with van der Waals surface area (Å²) in [4.78, 5) is 3.66. The number of rotatable bonds is 6. The zero-order valence-electron chi connectivity index (χ0n) is 25.5. The second-order valence-corrected chi connectivity index (χ2v) is 53.6. The molecule has 1 atom stereocenters. The molecule has 6 aromatic carbocycles. The van der Waals surface area contributed by atoms with E-state index >= 15 is 0 Å². The van der Waals surface area contributed by atoms with Crippen LogP contribution in [0, 0.1) is 0 Å². The summed E-state index contributed by atoms with van der Waals surface area (Å²) in [7, 11) is 25.3. The summed E-state index contributed by atoms with van der Waals surface area (Å²) in [6.07, 6.45) is 2.18. The van der Waals surface area contributed by atoms with Gasteiger partial charge in [0.2, 0.25) is 6.04 Å². The molecular formula is C40H30Cl5NOSn. The Morgan fingerprint density at radius 1 is 0.396 bits per heavy atom. The van der Waals surface area contributed by atoms with Gasteiger partial charge in [0.15, 0.2) is 0 Å². The molecule has 0 bridgehead atoms. The summed E-state index contributed by atoms with van der Waals surface area (Å²) in [5, 5.41) is 0. The van der Waals surface area contributed by atoms with E-state index in [1.54, 1.807) is 0 Å². The van der Waals surface area contributed by atoms with Crippen LogP contribution < -0.4 is 4.99 Å². The zero-order chi connectivity index (χ0) is 33.6. The van der Waals surface area contributed by atoms with E-state index in [0.717, 1.165) is 22.8 Å². The molecule has 1 aliphatic rings. The first-order chi connectivity index (χ1) is 23.0. The third-order valence-corrected chi connectivity index (χ3v) is 7.72. The van der Waals surface area contributed by atoms with Crippen molar-refractivity contribution < 1.29 is 9.73 Å². The van der Waals surface area contributed by atoms with Crippen LogP contribution in [0.3, 0.4) is 0 Å². The zero-order valence-corrected chi connectivity index (χ0v) is 32.2. The van der Waals surface area contributed by atoms with Gasteiger partial charge in [-0.15, -0.1) is 0 Å². The number of halogens is 5. The van der Waals surface area contributed by atoms with Crippen LogP contribution in [0.2, 0.25) is 0 Å². The van der Waals surface area contributed by atoms with Crippen LogP contribution in [0.5, 0.6) is 0 Å². The molecule has 0 radical (unpaired) electrons. The summed E-state index contributed by atoms with van der Waals surface area (Å²) in [5.74, 6) is 1.59. The predicted octanol–water partition coefficient (Wildman–Crippen LogP) is 11.4. The quantitative estimate of drug-likeness (QED) is 0.166. The molecule has 0 saturated heterocycles. The molecule has 1 aliphatic heterocycles. The second kappa shape index (κ2) is 15.1. The maximum absolute atomic E-state index is 6.56. The van der Waals surface area contributed by atoms with Crippen molar-refractivity contribution in [1.29, 1.82) is 0 Å². The monoisotopic (exact) mass is 835 g/mol. The van der Waals surface area contributed by atoms with Gasteiger partial charge in [-0.05, 0) is 45.5 Å². The minimum atomic E-state index is -4.40. The van der Waals surface area contributed by atoms with Crippen molar-refractivity contribution in [3.8, 4) is 33.4 Å². The van der Waals surface area contributed by atoms with E-state index in [2.05, 4.69) is 157 Å². The normalized spacial score (nSPS) is 15.0. The average molecular weight is 837 g/mol. The van der Waals surface area contributed by atoms with Gasteiger partial charge in [0.1, 0.15) is 5.76 Å². The molecule has 48 heavy (non-hydrogen) atoms. The molecule has 6 aromatic rings. The molecule has 240 valence electrons. The van der Waals surface area contributed by atoms with E-state index in [0.29, 0.717) is 0 Å². The Kier molecular flexibility index (Phi) is 10.9. The third-order valence-electron chi connectivity index (χ3n) is 7.72. The van der Waals surface area contributed by atoms with E-state index < -0.39 is 11.4 Å². The molecular weight excluding hydrogens is 806 g/mol. The van der Waals surface area contributed by atoms with Crippen molar-refractivity contribution in [2.24, 2.45) is 0 Å². The number of benzene rings is 6. The molecule has 8 heteroatoms. The Morgan fingerprint density at radius 2 is 0.708 bits per heavy atom. The van der Waals surface area contributed by atoms with E-state index in [1.165, 1.54) is 38.9 Å². The molecule has 0 saturated carbocycles. The number of ether oxygens (including phenoxy) is 1. The molecule has 1 heterocycles. The number of hydrogen-bond donors (Lipinski definition) is 1. The van der Waals surface area contributed by atoms with Crippen molar-refractivity contribution in [2.75, 3.05) is 0 Å². The summed E-state index contributed by atoms with van der Waals surface area (Å²) in [6, 6.07) is 57.3. The molecule has 0 fully saturated rings. The molecule has 0 aromatic heterocycles. The first kappa shape index (κ1) is 34.6. The van der Waals surface area contributed by atoms with Gasteiger partial charge in [-0.3, -0.25) is 0 Å². The third kappa shape index (κ3) is 9.92. The SMILES string of the molecule is C1=C(c2ccc(-c3ccccc3)cc2)OC(c2ccc(-c3ccccc3)cc2)=[NH+]C1c1ccc(-c2ccccc2)cc1.[Cl][Sn-]([Cl])([Cl])([Cl])[Cl]. The second-order valence-electron chi connectivity index (χ2n) is 11.2. The molecule has 0 amide bonds. The van der Waals surface area contributed by atoms with Crippen LogP contribution in [-0.4, -0.2) is 17.3 Å². The molecule has 2 nitrogen and oxygen atoms in total. The number of hydrogen-bond acceptors (Lipinski definition) is 1. The van der Waals surface area contributed by atoms with Crippen molar-refractivity contribution in [1.82, 2.24) is 0 Å². The Bertz CT molecular complexity index is 1910. The number of nitrogens with one attached hydrogen (secondary N) is 1. The predicted molar refractivity (Wildman–Crippen MR) is 208 cm³/mol. The van der Waals surface area contributed by atoms with Gasteiger partial charge in [-0.25, -0.2) is 0 Å². The average Bonchev–Trinajstić information content (AvgIpc) is 3.12. The van der Waals surface area contributed by atoms with Crippen molar-refractivity contribution >= 4 is 67.6 Å². The van der Waals surface area contributed by atoms with Gasteiger partial charge in [-0.1, -0.05) is 152 Å². The van der Waals surface area contributed by atoms with Crippen molar-refractivity contribution in [3.63, 3.8) is 0 Å². The molecule has 1 N–H and O–H groups in total. The van der Waals surface area contributed by atoms with E-state index in [-0.39, 0.29) is 6.04 Å². The van der Waals surface area contributed by atoms with E-state index in [9.17, 15) is 0 Å². The first-order valence-corrected chi connectivity index (χ1v) is 33.3. The van der Waals surface area contributed by atoms with Crippen LogP contribution >= 0.6 is 44.6 Å². The Balaban J connectivity index is 0.000000615. The van der Waals surface area contributed by atoms with Crippen molar-refractivity contribution in [2.45, 2.75) is 6.04 Å². The van der Waals surface area contributed by atoms with Crippen LogP contribution in [-0.2, 0) is 4.74 Å². The fourth-order valence-corrected chi connectivity index (χ4v) is 5.40. The van der Waals surface area contributed by atoms with Gasteiger partial charge in [-0.2, -0.15) is 4.99 Å². The van der Waals surface area contributed by atoms with Crippen LogP contribution in [0.4, 0.5) is 0 Å². The molecule has 7 rings (SSSR count). The molecule has 0 aliphatic carbocycles. The standard InChI is InChI=1S/C40H29NO.5ClH.Sn/c1-4-10-29(11-5-1)32-16-22-35(23-17-32)38-28-39(36-24-18-33(19-25-36)30-12-6-2-7-13-30)42-40(41-38)37-26-20-34(21-27-37)31-14-8-3-9-15-31;;;;;;/h1-28,38H;5*1H;/q;;;;;;+4/p-4. The van der Waals surface area contributed by atoms with E-state index in [4.69, 9.17) is 49.3 Å². The van der Waals surface area contributed by atoms with Crippen molar-refractivity contribution in [3.05, 3.63) is 187 Å².